The highest BCUT2D eigenvalue weighted by Gasteiger charge is 2.30. The second-order valence-electron chi connectivity index (χ2n) is 5.68. The number of nitrogens with one attached hydrogen (secondary N) is 2. The summed E-state index contributed by atoms with van der Waals surface area (Å²) in [6.07, 6.45) is -0.403. The Balaban J connectivity index is 2.41. The van der Waals surface area contributed by atoms with E-state index < -0.39 is 29.4 Å². The molecule has 118 valence electrons. The number of amides is 1. The van der Waals surface area contributed by atoms with Crippen molar-refractivity contribution in [1.82, 2.24) is 9.55 Å². The fraction of sp³-hybridized carbons (Fsp3) is 0.250. The number of ketones is 1. The van der Waals surface area contributed by atoms with Gasteiger partial charge in [0.1, 0.15) is 11.4 Å². The Hall–Kier alpha value is -2.96. The number of aromatic nitrogens is 2. The number of carbonyl (C=O) groups excluding carboxylic acids is 2. The van der Waals surface area contributed by atoms with Gasteiger partial charge in [-0.2, -0.15) is 0 Å². The van der Waals surface area contributed by atoms with Crippen molar-refractivity contribution >= 4 is 17.5 Å². The minimum Gasteiger partial charge on any atom is -0.311 e. The lowest BCUT2D eigenvalue weighted by Crippen LogP contribution is -2.40. The third-order valence-electron chi connectivity index (χ3n) is 3.77. The number of nitrogens with zero attached hydrogens (tertiary/aromatic N) is 1. The maximum atomic E-state index is 12.3. The molecule has 2 aromatic rings. The molecule has 0 saturated carbocycles. The Kier molecular flexibility index (Phi) is 3.48. The molecule has 2 N–H and O–H groups in total. The molecular formula is C16H15N3O4. The Morgan fingerprint density at radius 1 is 1.09 bits per heavy atom. The highest BCUT2D eigenvalue weighted by atomic mass is 16.2. The van der Waals surface area contributed by atoms with E-state index in [-0.39, 0.29) is 17.3 Å². The van der Waals surface area contributed by atoms with Crippen molar-refractivity contribution < 1.29 is 9.59 Å². The van der Waals surface area contributed by atoms with E-state index in [1.165, 1.54) is 4.57 Å². The summed E-state index contributed by atoms with van der Waals surface area (Å²) in [7, 11) is 0. The topological polar surface area (TPSA) is 101 Å². The number of rotatable bonds is 2. The molecule has 0 atom stereocenters. The molecule has 1 aliphatic heterocycles. The molecule has 0 aliphatic carbocycles. The van der Waals surface area contributed by atoms with Crippen LogP contribution in [-0.4, -0.2) is 21.2 Å². The second kappa shape index (κ2) is 5.35. The molecule has 0 unspecified atom stereocenters. The Labute approximate surface area is 131 Å². The number of aromatic amines is 1. The smallest absolute Gasteiger partial charge is 0.311 e. The van der Waals surface area contributed by atoms with Crippen LogP contribution in [0.3, 0.4) is 0 Å². The molecule has 0 spiro atoms. The molecule has 1 amide bonds. The molecule has 3 rings (SSSR count). The van der Waals surface area contributed by atoms with Gasteiger partial charge in [0, 0.05) is 0 Å². The Bertz CT molecular complexity index is 937. The molecule has 0 bridgehead atoms. The van der Waals surface area contributed by atoms with Gasteiger partial charge in [-0.25, -0.2) is 9.36 Å². The Morgan fingerprint density at radius 3 is 2.48 bits per heavy atom. The van der Waals surface area contributed by atoms with E-state index in [0.29, 0.717) is 5.69 Å². The molecule has 7 heteroatoms. The van der Waals surface area contributed by atoms with E-state index in [9.17, 15) is 19.2 Å². The minimum absolute atomic E-state index is 0.0619. The van der Waals surface area contributed by atoms with Crippen molar-refractivity contribution in [1.29, 1.82) is 0 Å². The number of H-pyrrole nitrogens is 1. The third-order valence-corrected chi connectivity index (χ3v) is 3.77. The number of fused-ring (bicyclic) bond motifs is 1. The van der Waals surface area contributed by atoms with Crippen LogP contribution >= 0.6 is 0 Å². The molecule has 1 aliphatic rings. The lowest BCUT2D eigenvalue weighted by Gasteiger charge is -2.22. The highest BCUT2D eigenvalue weighted by molar-refractivity contribution is 6.18. The minimum atomic E-state index is -0.784. The van der Waals surface area contributed by atoms with Crippen molar-refractivity contribution in [2.75, 3.05) is 5.32 Å². The van der Waals surface area contributed by atoms with Crippen molar-refractivity contribution in [3.8, 4) is 5.69 Å². The van der Waals surface area contributed by atoms with Crippen LogP contribution < -0.4 is 16.6 Å². The van der Waals surface area contributed by atoms with Gasteiger partial charge in [-0.3, -0.25) is 19.4 Å². The summed E-state index contributed by atoms with van der Waals surface area (Å²) in [5, 5.41) is 2.49. The van der Waals surface area contributed by atoms with E-state index in [2.05, 4.69) is 10.3 Å². The first kappa shape index (κ1) is 15.0. The average Bonchev–Trinajstić information content (AvgIpc) is 2.46. The first-order valence-corrected chi connectivity index (χ1v) is 7.22. The van der Waals surface area contributed by atoms with Gasteiger partial charge in [0.05, 0.1) is 12.1 Å². The van der Waals surface area contributed by atoms with E-state index in [0.717, 1.165) is 5.56 Å². The van der Waals surface area contributed by atoms with Crippen LogP contribution in [0, 0.1) is 0 Å². The van der Waals surface area contributed by atoms with E-state index in [1.54, 1.807) is 12.1 Å². The molecule has 2 heterocycles. The van der Waals surface area contributed by atoms with Crippen molar-refractivity contribution in [2.45, 2.75) is 26.2 Å². The molecular weight excluding hydrogens is 298 g/mol. The van der Waals surface area contributed by atoms with E-state index >= 15 is 0 Å². The van der Waals surface area contributed by atoms with Crippen molar-refractivity contribution in [2.24, 2.45) is 0 Å². The van der Waals surface area contributed by atoms with Gasteiger partial charge < -0.3 is 5.32 Å². The predicted molar refractivity (Wildman–Crippen MR) is 84.3 cm³/mol. The second-order valence-corrected chi connectivity index (χ2v) is 5.68. The van der Waals surface area contributed by atoms with Crippen LogP contribution in [0.4, 0.5) is 5.82 Å². The van der Waals surface area contributed by atoms with E-state index in [1.807, 2.05) is 26.0 Å². The van der Waals surface area contributed by atoms with Gasteiger partial charge in [0.15, 0.2) is 5.78 Å². The zero-order valence-electron chi connectivity index (χ0n) is 12.7. The lowest BCUT2D eigenvalue weighted by molar-refractivity contribution is -0.115. The summed E-state index contributed by atoms with van der Waals surface area (Å²) in [6, 6.07) is 7.15. The summed E-state index contributed by atoms with van der Waals surface area (Å²) in [5.74, 6) is -1.09. The maximum absolute atomic E-state index is 12.3. The first-order chi connectivity index (χ1) is 10.9. The normalized spacial score (nSPS) is 13.9. The number of benzene rings is 1. The van der Waals surface area contributed by atoms with Crippen LogP contribution in [0.2, 0.25) is 0 Å². The quantitative estimate of drug-likeness (QED) is 0.813. The number of hydrogen-bond donors (Lipinski definition) is 2. The predicted octanol–water partition coefficient (Wildman–Crippen LogP) is 1.17. The van der Waals surface area contributed by atoms with Gasteiger partial charge in [-0.1, -0.05) is 32.0 Å². The molecule has 1 aromatic carbocycles. The monoisotopic (exact) mass is 313 g/mol. The first-order valence-electron chi connectivity index (χ1n) is 7.22. The standard InChI is InChI=1S/C16H15N3O4/c1-8(2)9-5-3-4-6-10(9)19-14-13(15(22)18-16(19)23)11(20)7-12(21)17-14/h3-6,8H,7H2,1-2H3,(H,17,21)(H,18,22,23). The van der Waals surface area contributed by atoms with Crippen LogP contribution in [0.1, 0.15) is 42.1 Å². The summed E-state index contributed by atoms with van der Waals surface area (Å²) >= 11 is 0. The van der Waals surface area contributed by atoms with Crippen molar-refractivity contribution in [3.05, 3.63) is 56.2 Å². The van der Waals surface area contributed by atoms with Crippen LogP contribution in [-0.2, 0) is 4.79 Å². The molecule has 1 aromatic heterocycles. The van der Waals surface area contributed by atoms with Gasteiger partial charge in [0.2, 0.25) is 5.91 Å². The molecule has 23 heavy (non-hydrogen) atoms. The van der Waals surface area contributed by atoms with Crippen molar-refractivity contribution in [3.63, 3.8) is 0 Å². The highest BCUT2D eigenvalue weighted by Crippen LogP contribution is 2.26. The van der Waals surface area contributed by atoms with Gasteiger partial charge >= 0.3 is 5.69 Å². The molecule has 0 radical (unpaired) electrons. The summed E-state index contributed by atoms with van der Waals surface area (Å²) in [6.45, 7) is 3.93. The molecule has 0 fully saturated rings. The van der Waals surface area contributed by atoms with Crippen LogP contribution in [0.25, 0.3) is 5.69 Å². The van der Waals surface area contributed by atoms with Gasteiger partial charge in [0.25, 0.3) is 5.56 Å². The molecule has 7 nitrogen and oxygen atoms in total. The fourth-order valence-corrected chi connectivity index (χ4v) is 2.73. The van der Waals surface area contributed by atoms with Gasteiger partial charge in [-0.05, 0) is 17.5 Å². The average molecular weight is 313 g/mol. The zero-order chi connectivity index (χ0) is 16.7. The fourth-order valence-electron chi connectivity index (χ4n) is 2.73. The van der Waals surface area contributed by atoms with Crippen LogP contribution in [0.15, 0.2) is 33.9 Å². The van der Waals surface area contributed by atoms with Crippen LogP contribution in [0.5, 0.6) is 0 Å². The number of anilines is 1. The number of hydrogen-bond acceptors (Lipinski definition) is 4. The van der Waals surface area contributed by atoms with Gasteiger partial charge in [-0.15, -0.1) is 0 Å². The number of Topliss-reactive ketones (excluding diaryl/α,β-unsaturated/α-hetero) is 1. The Morgan fingerprint density at radius 2 is 1.78 bits per heavy atom. The number of carbonyl (C=O) groups is 2. The summed E-state index contributed by atoms with van der Waals surface area (Å²) in [5.41, 5.74) is -0.293. The number of para-hydroxylation sites is 1. The lowest BCUT2D eigenvalue weighted by atomic mass is 10.0. The van der Waals surface area contributed by atoms with E-state index in [4.69, 9.17) is 0 Å². The summed E-state index contributed by atoms with van der Waals surface area (Å²) < 4.78 is 1.18. The largest absolute Gasteiger partial charge is 0.334 e. The zero-order valence-corrected chi connectivity index (χ0v) is 12.7. The maximum Gasteiger partial charge on any atom is 0.334 e. The molecule has 0 saturated heterocycles. The third kappa shape index (κ3) is 2.40. The summed E-state index contributed by atoms with van der Waals surface area (Å²) in [4.78, 5) is 50.2. The SMILES string of the molecule is CC(C)c1ccccc1-n1c2c(c(=O)[nH]c1=O)C(=O)CC(=O)N2.